The lowest BCUT2D eigenvalue weighted by Crippen LogP contribution is -1.98. The molecule has 0 saturated heterocycles. The Balaban J connectivity index is 1.85. The number of hydrogen-bond donors (Lipinski definition) is 1. The van der Waals surface area contributed by atoms with Gasteiger partial charge < -0.3 is 19.3 Å². The topological polar surface area (TPSA) is 65.0 Å². The van der Waals surface area contributed by atoms with Crippen LogP contribution in [0.5, 0.6) is 23.0 Å². The fraction of sp³-hybridized carbons (Fsp3) is 0.211. The molecule has 0 aliphatic carbocycles. The molecule has 1 heterocycles. The lowest BCUT2D eigenvalue weighted by atomic mass is 10.1. The van der Waals surface area contributed by atoms with Gasteiger partial charge in [0.15, 0.2) is 28.8 Å². The van der Waals surface area contributed by atoms with E-state index in [0.29, 0.717) is 30.3 Å². The van der Waals surface area contributed by atoms with Crippen molar-refractivity contribution in [1.82, 2.24) is 0 Å². The van der Waals surface area contributed by atoms with E-state index in [2.05, 4.69) is 0 Å². The molecule has 124 valence electrons. The first-order valence-electron chi connectivity index (χ1n) is 7.67. The van der Waals surface area contributed by atoms with Crippen molar-refractivity contribution >= 4 is 11.9 Å². The van der Waals surface area contributed by atoms with Gasteiger partial charge >= 0.3 is 0 Å². The Labute approximate surface area is 140 Å². The third-order valence-corrected chi connectivity index (χ3v) is 3.68. The van der Waals surface area contributed by atoms with Crippen LogP contribution in [-0.4, -0.2) is 31.2 Å². The van der Waals surface area contributed by atoms with Gasteiger partial charge in [0.2, 0.25) is 0 Å². The fourth-order valence-electron chi connectivity index (χ4n) is 2.44. The van der Waals surface area contributed by atoms with E-state index in [1.807, 2.05) is 18.2 Å². The number of aromatic hydroxyl groups is 1. The highest BCUT2D eigenvalue weighted by Gasteiger charge is 2.13. The minimum Gasteiger partial charge on any atom is -0.504 e. The number of ether oxygens (including phenoxy) is 3. The number of allylic oxidation sites excluding steroid dienone is 1. The summed E-state index contributed by atoms with van der Waals surface area (Å²) in [5, 5.41) is 9.60. The predicted molar refractivity (Wildman–Crippen MR) is 90.1 cm³/mol. The molecule has 1 aliphatic heterocycles. The normalized spacial score (nSPS) is 13.5. The van der Waals surface area contributed by atoms with Gasteiger partial charge in [-0.1, -0.05) is 12.1 Å². The van der Waals surface area contributed by atoms with Gasteiger partial charge in [-0.2, -0.15) is 0 Å². The van der Waals surface area contributed by atoms with Crippen LogP contribution in [-0.2, 0) is 0 Å². The van der Waals surface area contributed by atoms with E-state index in [-0.39, 0.29) is 17.3 Å². The number of phenols is 1. The molecule has 2 aromatic carbocycles. The lowest BCUT2D eigenvalue weighted by Gasteiger charge is -2.09. The standard InChI is InChI=1S/C19H18O5/c1-22-18-12-14(7-9-16(18)21)15(20)8-6-13-4-2-5-17-19(13)24-11-3-10-23-17/h2,4-9,12,21H,3,10-11H2,1H3/b8-6+. The Kier molecular flexibility index (Phi) is 4.70. The van der Waals surface area contributed by atoms with E-state index in [4.69, 9.17) is 14.2 Å². The molecule has 5 nitrogen and oxygen atoms in total. The molecule has 0 fully saturated rings. The minimum absolute atomic E-state index is 0.00282. The summed E-state index contributed by atoms with van der Waals surface area (Å²) in [5.74, 6) is 1.41. The summed E-state index contributed by atoms with van der Waals surface area (Å²) >= 11 is 0. The van der Waals surface area contributed by atoms with Crippen molar-refractivity contribution in [2.45, 2.75) is 6.42 Å². The van der Waals surface area contributed by atoms with E-state index < -0.39 is 0 Å². The zero-order valence-corrected chi connectivity index (χ0v) is 13.3. The van der Waals surface area contributed by atoms with Crippen LogP contribution in [0.2, 0.25) is 0 Å². The molecular weight excluding hydrogens is 308 g/mol. The molecule has 1 N–H and O–H groups in total. The number of fused-ring (bicyclic) bond motifs is 1. The number of carbonyl (C=O) groups excluding carboxylic acids is 1. The average molecular weight is 326 g/mol. The molecule has 0 atom stereocenters. The minimum atomic E-state index is -0.194. The van der Waals surface area contributed by atoms with E-state index in [1.54, 1.807) is 12.1 Å². The summed E-state index contributed by atoms with van der Waals surface area (Å²) in [6.07, 6.45) is 3.99. The van der Waals surface area contributed by atoms with Crippen LogP contribution in [0, 0.1) is 0 Å². The van der Waals surface area contributed by atoms with E-state index in [0.717, 1.165) is 12.0 Å². The molecule has 0 bridgehead atoms. The monoisotopic (exact) mass is 326 g/mol. The van der Waals surface area contributed by atoms with Crippen molar-refractivity contribution in [3.05, 3.63) is 53.6 Å². The molecule has 1 aliphatic rings. The molecule has 0 saturated carbocycles. The number of methoxy groups -OCH3 is 1. The maximum atomic E-state index is 12.3. The average Bonchev–Trinajstić information content (AvgIpc) is 2.85. The SMILES string of the molecule is COc1cc(C(=O)/C=C/c2cccc3c2OCCCO3)ccc1O. The maximum Gasteiger partial charge on any atom is 0.185 e. The largest absolute Gasteiger partial charge is 0.504 e. The highest BCUT2D eigenvalue weighted by molar-refractivity contribution is 6.07. The Morgan fingerprint density at radius 3 is 2.88 bits per heavy atom. The predicted octanol–water partition coefficient (Wildman–Crippen LogP) is 3.46. The zero-order valence-electron chi connectivity index (χ0n) is 13.3. The zero-order chi connectivity index (χ0) is 16.9. The molecule has 0 amide bonds. The second-order valence-electron chi connectivity index (χ2n) is 5.31. The molecule has 0 radical (unpaired) electrons. The van der Waals surface area contributed by atoms with Gasteiger partial charge in [-0.3, -0.25) is 4.79 Å². The van der Waals surface area contributed by atoms with Crippen LogP contribution in [0.25, 0.3) is 6.08 Å². The van der Waals surface area contributed by atoms with Crippen LogP contribution in [0.1, 0.15) is 22.3 Å². The number of para-hydroxylation sites is 1. The van der Waals surface area contributed by atoms with Gasteiger partial charge in [-0.15, -0.1) is 0 Å². The lowest BCUT2D eigenvalue weighted by molar-refractivity contribution is 0.104. The second-order valence-corrected chi connectivity index (χ2v) is 5.31. The van der Waals surface area contributed by atoms with Crippen molar-refractivity contribution in [1.29, 1.82) is 0 Å². The van der Waals surface area contributed by atoms with Gasteiger partial charge in [0.05, 0.1) is 20.3 Å². The van der Waals surface area contributed by atoms with Gasteiger partial charge in [-0.25, -0.2) is 0 Å². The molecule has 3 rings (SSSR count). The van der Waals surface area contributed by atoms with Crippen LogP contribution in [0.3, 0.4) is 0 Å². The van der Waals surface area contributed by atoms with E-state index >= 15 is 0 Å². The van der Waals surface area contributed by atoms with Crippen molar-refractivity contribution in [3.8, 4) is 23.0 Å². The van der Waals surface area contributed by atoms with Crippen molar-refractivity contribution in [2.75, 3.05) is 20.3 Å². The molecule has 2 aromatic rings. The molecule has 0 unspecified atom stereocenters. The number of benzene rings is 2. The Morgan fingerprint density at radius 1 is 1.21 bits per heavy atom. The number of hydrogen-bond acceptors (Lipinski definition) is 5. The van der Waals surface area contributed by atoms with Crippen LogP contribution < -0.4 is 14.2 Å². The molecule has 0 aromatic heterocycles. The molecule has 0 spiro atoms. The quantitative estimate of drug-likeness (QED) is 0.688. The van der Waals surface area contributed by atoms with Crippen LogP contribution in [0.4, 0.5) is 0 Å². The third-order valence-electron chi connectivity index (χ3n) is 3.68. The number of ketones is 1. The van der Waals surface area contributed by atoms with Gasteiger partial charge in [0, 0.05) is 17.5 Å². The Hall–Kier alpha value is -2.95. The Bertz CT molecular complexity index is 779. The smallest absolute Gasteiger partial charge is 0.185 e. The number of carbonyl (C=O) groups is 1. The summed E-state index contributed by atoms with van der Waals surface area (Å²) in [6, 6.07) is 10.1. The van der Waals surface area contributed by atoms with Crippen molar-refractivity contribution < 1.29 is 24.1 Å². The summed E-state index contributed by atoms with van der Waals surface area (Å²) in [4.78, 5) is 12.3. The first-order valence-corrected chi connectivity index (χ1v) is 7.67. The van der Waals surface area contributed by atoms with Gasteiger partial charge in [-0.05, 0) is 36.4 Å². The summed E-state index contributed by atoms with van der Waals surface area (Å²) in [6.45, 7) is 1.20. The summed E-state index contributed by atoms with van der Waals surface area (Å²) in [5.41, 5.74) is 1.22. The third kappa shape index (κ3) is 3.35. The molecule has 24 heavy (non-hydrogen) atoms. The van der Waals surface area contributed by atoms with Gasteiger partial charge in [0.1, 0.15) is 0 Å². The van der Waals surface area contributed by atoms with Crippen molar-refractivity contribution in [2.24, 2.45) is 0 Å². The van der Waals surface area contributed by atoms with Gasteiger partial charge in [0.25, 0.3) is 0 Å². The Morgan fingerprint density at radius 2 is 2.04 bits per heavy atom. The first kappa shape index (κ1) is 15.9. The number of rotatable bonds is 4. The molecular formula is C19H18O5. The van der Waals surface area contributed by atoms with E-state index in [1.165, 1.54) is 25.3 Å². The fourth-order valence-corrected chi connectivity index (χ4v) is 2.44. The highest BCUT2D eigenvalue weighted by Crippen LogP contribution is 2.34. The highest BCUT2D eigenvalue weighted by atomic mass is 16.5. The first-order chi connectivity index (χ1) is 11.7. The van der Waals surface area contributed by atoms with E-state index in [9.17, 15) is 9.90 Å². The van der Waals surface area contributed by atoms with Crippen LogP contribution >= 0.6 is 0 Å². The molecule has 5 heteroatoms. The van der Waals surface area contributed by atoms with Crippen LogP contribution in [0.15, 0.2) is 42.5 Å². The second kappa shape index (κ2) is 7.08. The maximum absolute atomic E-state index is 12.3. The van der Waals surface area contributed by atoms with Crippen molar-refractivity contribution in [3.63, 3.8) is 0 Å². The summed E-state index contributed by atoms with van der Waals surface area (Å²) in [7, 11) is 1.44. The number of phenolic OH excluding ortho intramolecular Hbond substituents is 1. The summed E-state index contributed by atoms with van der Waals surface area (Å²) < 4.78 is 16.4.